The summed E-state index contributed by atoms with van der Waals surface area (Å²) >= 11 is 0. The largest absolute Gasteiger partial charge is 0.325 e. The van der Waals surface area contributed by atoms with Crippen molar-refractivity contribution in [2.24, 2.45) is 11.7 Å². The van der Waals surface area contributed by atoms with Gasteiger partial charge in [0, 0.05) is 23.6 Å². The molecule has 0 spiro atoms. The summed E-state index contributed by atoms with van der Waals surface area (Å²) in [5.74, 6) is -0.113. The molecule has 0 saturated heterocycles. The van der Waals surface area contributed by atoms with Crippen LogP contribution >= 0.6 is 0 Å². The first-order chi connectivity index (χ1) is 7.65. The van der Waals surface area contributed by atoms with Gasteiger partial charge in [-0.2, -0.15) is 0 Å². The highest BCUT2D eigenvalue weighted by atomic mass is 16.1. The Labute approximate surface area is 94.6 Å². The molecular weight excluding hydrogens is 202 g/mol. The fourth-order valence-corrected chi connectivity index (χ4v) is 1.78. The van der Waals surface area contributed by atoms with Crippen molar-refractivity contribution in [1.29, 1.82) is 0 Å². The normalized spacial score (nSPS) is 23.4. The van der Waals surface area contributed by atoms with Gasteiger partial charge in [0.2, 0.25) is 5.91 Å². The maximum absolute atomic E-state index is 11.8. The molecular formula is C12H15N3O. The Kier molecular flexibility index (Phi) is 3.01. The zero-order valence-electron chi connectivity index (χ0n) is 9.18. The van der Waals surface area contributed by atoms with Gasteiger partial charge in [-0.1, -0.05) is 12.2 Å². The van der Waals surface area contributed by atoms with E-state index in [1.807, 2.05) is 25.1 Å². The second kappa shape index (κ2) is 4.45. The Morgan fingerprint density at radius 2 is 2.38 bits per heavy atom. The van der Waals surface area contributed by atoms with Crippen LogP contribution in [-0.4, -0.2) is 16.9 Å². The number of nitrogens with two attached hydrogens (primary N) is 1. The van der Waals surface area contributed by atoms with Crippen molar-refractivity contribution in [1.82, 2.24) is 4.98 Å². The molecule has 0 aromatic carbocycles. The molecule has 0 fully saturated rings. The molecule has 1 aliphatic rings. The summed E-state index contributed by atoms with van der Waals surface area (Å²) in [5.41, 5.74) is 7.37. The van der Waals surface area contributed by atoms with Crippen molar-refractivity contribution in [2.45, 2.75) is 19.4 Å². The standard InChI is InChI=1S/C12H15N3O/c1-8-6-11(4-5-14-8)15-12(16)9-2-3-10(13)7-9/h2-6,9-10H,7,13H2,1H3,(H,14,15,16). The van der Waals surface area contributed by atoms with Crippen LogP contribution in [0.2, 0.25) is 0 Å². The van der Waals surface area contributed by atoms with Gasteiger partial charge < -0.3 is 11.1 Å². The van der Waals surface area contributed by atoms with E-state index in [0.717, 1.165) is 11.4 Å². The Bertz CT molecular complexity index is 428. The monoisotopic (exact) mass is 217 g/mol. The van der Waals surface area contributed by atoms with Gasteiger partial charge in [0.15, 0.2) is 0 Å². The third-order valence-corrected chi connectivity index (χ3v) is 2.62. The van der Waals surface area contributed by atoms with Gasteiger partial charge in [-0.25, -0.2) is 0 Å². The lowest BCUT2D eigenvalue weighted by atomic mass is 10.1. The summed E-state index contributed by atoms with van der Waals surface area (Å²) < 4.78 is 0. The molecule has 0 aliphatic heterocycles. The van der Waals surface area contributed by atoms with Crippen molar-refractivity contribution in [2.75, 3.05) is 5.32 Å². The van der Waals surface area contributed by atoms with Gasteiger partial charge >= 0.3 is 0 Å². The quantitative estimate of drug-likeness (QED) is 0.732. The molecule has 1 aliphatic carbocycles. The van der Waals surface area contributed by atoms with Gasteiger partial charge in [0.25, 0.3) is 0 Å². The SMILES string of the molecule is Cc1cc(NC(=O)C2C=CC(N)C2)ccn1. The molecule has 0 bridgehead atoms. The number of rotatable bonds is 2. The van der Waals surface area contributed by atoms with Crippen LogP contribution in [0.15, 0.2) is 30.5 Å². The number of pyridine rings is 1. The maximum atomic E-state index is 11.8. The number of hydrogen-bond donors (Lipinski definition) is 2. The summed E-state index contributed by atoms with van der Waals surface area (Å²) in [4.78, 5) is 15.9. The first kappa shape index (κ1) is 10.8. The summed E-state index contributed by atoms with van der Waals surface area (Å²) in [5, 5.41) is 2.86. The minimum atomic E-state index is -0.108. The lowest BCUT2D eigenvalue weighted by molar-refractivity contribution is -0.118. The first-order valence-corrected chi connectivity index (χ1v) is 5.32. The van der Waals surface area contributed by atoms with Crippen LogP contribution in [0, 0.1) is 12.8 Å². The van der Waals surface area contributed by atoms with Crippen molar-refractivity contribution in [3.05, 3.63) is 36.2 Å². The highest BCUT2D eigenvalue weighted by Gasteiger charge is 2.22. The third-order valence-electron chi connectivity index (χ3n) is 2.62. The number of aryl methyl sites for hydroxylation is 1. The summed E-state index contributed by atoms with van der Waals surface area (Å²) in [6, 6.07) is 3.63. The molecule has 0 saturated carbocycles. The summed E-state index contributed by atoms with van der Waals surface area (Å²) in [7, 11) is 0. The Morgan fingerprint density at radius 3 is 3.00 bits per heavy atom. The lowest BCUT2D eigenvalue weighted by Gasteiger charge is -2.10. The van der Waals surface area contributed by atoms with E-state index in [-0.39, 0.29) is 17.9 Å². The minimum Gasteiger partial charge on any atom is -0.325 e. The van der Waals surface area contributed by atoms with Crippen LogP contribution in [0.25, 0.3) is 0 Å². The molecule has 16 heavy (non-hydrogen) atoms. The highest BCUT2D eigenvalue weighted by Crippen LogP contribution is 2.18. The van der Waals surface area contributed by atoms with Crippen LogP contribution in [0.5, 0.6) is 0 Å². The van der Waals surface area contributed by atoms with Crippen molar-refractivity contribution in [3.63, 3.8) is 0 Å². The van der Waals surface area contributed by atoms with E-state index in [4.69, 9.17) is 5.73 Å². The molecule has 2 unspecified atom stereocenters. The van der Waals surface area contributed by atoms with Crippen molar-refractivity contribution < 1.29 is 4.79 Å². The molecule has 2 atom stereocenters. The smallest absolute Gasteiger partial charge is 0.231 e. The molecule has 4 heteroatoms. The summed E-state index contributed by atoms with van der Waals surface area (Å²) in [6.07, 6.45) is 6.12. The van der Waals surface area contributed by atoms with Gasteiger partial charge in [0.05, 0.1) is 5.92 Å². The molecule has 1 aromatic rings. The molecule has 1 amide bonds. The lowest BCUT2D eigenvalue weighted by Crippen LogP contribution is -2.24. The van der Waals surface area contributed by atoms with Gasteiger partial charge in [0.1, 0.15) is 0 Å². The average molecular weight is 217 g/mol. The van der Waals surface area contributed by atoms with Crippen LogP contribution in [0.1, 0.15) is 12.1 Å². The zero-order chi connectivity index (χ0) is 11.5. The fourth-order valence-electron chi connectivity index (χ4n) is 1.78. The average Bonchev–Trinajstić information content (AvgIpc) is 2.65. The van der Waals surface area contributed by atoms with E-state index in [1.54, 1.807) is 12.3 Å². The number of aromatic nitrogens is 1. The second-order valence-corrected chi connectivity index (χ2v) is 4.07. The number of carbonyl (C=O) groups excluding carboxylic acids is 1. The molecule has 84 valence electrons. The predicted octanol–water partition coefficient (Wildman–Crippen LogP) is 1.23. The first-order valence-electron chi connectivity index (χ1n) is 5.32. The van der Waals surface area contributed by atoms with Gasteiger partial charge in [-0.15, -0.1) is 0 Å². The van der Waals surface area contributed by atoms with Gasteiger partial charge in [-0.05, 0) is 25.5 Å². The van der Waals surface area contributed by atoms with Crippen molar-refractivity contribution >= 4 is 11.6 Å². The number of anilines is 1. The maximum Gasteiger partial charge on any atom is 0.231 e. The number of amides is 1. The zero-order valence-corrected chi connectivity index (χ0v) is 9.18. The second-order valence-electron chi connectivity index (χ2n) is 4.07. The number of nitrogens with zero attached hydrogens (tertiary/aromatic N) is 1. The highest BCUT2D eigenvalue weighted by molar-refractivity contribution is 5.94. The number of nitrogens with one attached hydrogen (secondary N) is 1. The Hall–Kier alpha value is -1.68. The van der Waals surface area contributed by atoms with E-state index in [0.29, 0.717) is 6.42 Å². The van der Waals surface area contributed by atoms with E-state index < -0.39 is 0 Å². The van der Waals surface area contributed by atoms with Crippen LogP contribution in [0.3, 0.4) is 0 Å². The van der Waals surface area contributed by atoms with E-state index in [2.05, 4.69) is 10.3 Å². The van der Waals surface area contributed by atoms with E-state index >= 15 is 0 Å². The molecule has 1 aromatic heterocycles. The minimum absolute atomic E-state index is 0.00481. The predicted molar refractivity (Wildman–Crippen MR) is 62.8 cm³/mol. The topological polar surface area (TPSA) is 68.0 Å². The van der Waals surface area contributed by atoms with Crippen LogP contribution in [-0.2, 0) is 4.79 Å². The molecule has 4 nitrogen and oxygen atoms in total. The van der Waals surface area contributed by atoms with Crippen molar-refractivity contribution in [3.8, 4) is 0 Å². The van der Waals surface area contributed by atoms with E-state index in [9.17, 15) is 4.79 Å². The van der Waals surface area contributed by atoms with Crippen LogP contribution in [0.4, 0.5) is 5.69 Å². The molecule has 3 N–H and O–H groups in total. The summed E-state index contributed by atoms with van der Waals surface area (Å²) in [6.45, 7) is 1.89. The van der Waals surface area contributed by atoms with Crippen LogP contribution < -0.4 is 11.1 Å². The molecule has 2 rings (SSSR count). The van der Waals surface area contributed by atoms with Gasteiger partial charge in [-0.3, -0.25) is 9.78 Å². The Balaban J connectivity index is 2.00. The molecule has 1 heterocycles. The Morgan fingerprint density at radius 1 is 1.56 bits per heavy atom. The third kappa shape index (κ3) is 2.46. The number of hydrogen-bond acceptors (Lipinski definition) is 3. The number of carbonyl (C=O) groups is 1. The van der Waals surface area contributed by atoms with E-state index in [1.165, 1.54) is 0 Å². The molecule has 0 radical (unpaired) electrons. The fraction of sp³-hybridized carbons (Fsp3) is 0.333.